The molecule has 1 amide bonds. The second-order valence-corrected chi connectivity index (χ2v) is 2.40. The van der Waals surface area contributed by atoms with Gasteiger partial charge in [-0.15, -0.1) is 0 Å². The monoisotopic (exact) mass is 171 g/mol. The third-order valence-corrected chi connectivity index (χ3v) is 1.25. The molecule has 0 bridgehead atoms. The van der Waals surface area contributed by atoms with Gasteiger partial charge in [0.1, 0.15) is 6.54 Å². The Labute approximate surface area is 71.4 Å². The summed E-state index contributed by atoms with van der Waals surface area (Å²) >= 11 is 0. The molecular weight excluding hydrogens is 158 g/mol. The van der Waals surface area contributed by atoms with Crippen molar-refractivity contribution in [1.29, 1.82) is 5.26 Å². The van der Waals surface area contributed by atoms with E-state index in [2.05, 4.69) is 10.6 Å². The summed E-state index contributed by atoms with van der Waals surface area (Å²) in [4.78, 5) is 10.8. The highest BCUT2D eigenvalue weighted by atomic mass is 16.3. The van der Waals surface area contributed by atoms with Crippen molar-refractivity contribution in [3.8, 4) is 6.07 Å². The number of amides is 1. The Hall–Kier alpha value is -1.12. The van der Waals surface area contributed by atoms with Crippen LogP contribution in [0.25, 0.3) is 0 Å². The number of nitriles is 1. The molecule has 0 aliphatic carbocycles. The van der Waals surface area contributed by atoms with E-state index in [4.69, 9.17) is 10.4 Å². The van der Waals surface area contributed by atoms with Gasteiger partial charge in [-0.1, -0.05) is 0 Å². The first-order chi connectivity index (χ1) is 5.70. The molecule has 0 radical (unpaired) electrons. The maximum absolute atomic E-state index is 10.8. The Balaban J connectivity index is 3.38. The Bertz CT molecular complexity index is 176. The fourth-order valence-corrected chi connectivity index (χ4v) is 0.532. The molecule has 0 rings (SSSR count). The predicted molar refractivity (Wildman–Crippen MR) is 43.2 cm³/mol. The smallest absolute Gasteiger partial charge is 0.234 e. The topological polar surface area (TPSA) is 85.2 Å². The van der Waals surface area contributed by atoms with Crippen molar-refractivity contribution >= 4 is 5.91 Å². The van der Waals surface area contributed by atoms with Gasteiger partial charge in [-0.25, -0.2) is 0 Å². The van der Waals surface area contributed by atoms with Gasteiger partial charge in [-0.3, -0.25) is 4.79 Å². The first-order valence-electron chi connectivity index (χ1n) is 3.68. The number of rotatable bonds is 5. The normalized spacial score (nSPS) is 11.8. The average Bonchev–Trinajstić information content (AvgIpc) is 2.10. The molecule has 5 heteroatoms. The minimum Gasteiger partial charge on any atom is -0.395 e. The molecule has 0 saturated carbocycles. The lowest BCUT2D eigenvalue weighted by Crippen LogP contribution is -2.39. The van der Waals surface area contributed by atoms with E-state index in [0.29, 0.717) is 0 Å². The van der Waals surface area contributed by atoms with E-state index in [9.17, 15) is 4.79 Å². The molecule has 1 unspecified atom stereocenters. The molecule has 3 N–H and O–H groups in total. The van der Waals surface area contributed by atoms with E-state index in [-0.39, 0.29) is 31.6 Å². The van der Waals surface area contributed by atoms with Crippen molar-refractivity contribution in [1.82, 2.24) is 10.6 Å². The van der Waals surface area contributed by atoms with E-state index in [0.717, 1.165) is 0 Å². The molecule has 0 aromatic heterocycles. The van der Waals surface area contributed by atoms with Gasteiger partial charge in [0.05, 0.1) is 19.2 Å². The Morgan fingerprint density at radius 2 is 2.42 bits per heavy atom. The van der Waals surface area contributed by atoms with Crippen molar-refractivity contribution in [2.24, 2.45) is 0 Å². The number of aliphatic hydroxyl groups is 1. The van der Waals surface area contributed by atoms with E-state index >= 15 is 0 Å². The Morgan fingerprint density at radius 1 is 1.75 bits per heavy atom. The highest BCUT2D eigenvalue weighted by Crippen LogP contribution is 1.75. The molecule has 1 atom stereocenters. The van der Waals surface area contributed by atoms with Gasteiger partial charge in [0.2, 0.25) is 5.91 Å². The molecule has 12 heavy (non-hydrogen) atoms. The highest BCUT2D eigenvalue weighted by Gasteiger charge is 2.02. The average molecular weight is 171 g/mol. The quantitative estimate of drug-likeness (QED) is 0.444. The van der Waals surface area contributed by atoms with Crippen LogP contribution in [0, 0.1) is 11.3 Å². The molecule has 0 aromatic rings. The summed E-state index contributed by atoms with van der Waals surface area (Å²) in [7, 11) is 0. The van der Waals surface area contributed by atoms with Gasteiger partial charge < -0.3 is 15.7 Å². The lowest BCUT2D eigenvalue weighted by Gasteiger charge is -2.09. The molecular formula is C7H13N3O2. The summed E-state index contributed by atoms with van der Waals surface area (Å²) in [5.74, 6) is -0.239. The minimum absolute atomic E-state index is 0.00840. The van der Waals surface area contributed by atoms with Crippen LogP contribution in [0.2, 0.25) is 0 Å². The Kier molecular flexibility index (Phi) is 5.97. The number of nitrogens with zero attached hydrogens (tertiary/aromatic N) is 1. The van der Waals surface area contributed by atoms with Crippen LogP contribution in [0.1, 0.15) is 6.92 Å². The molecule has 0 aromatic carbocycles. The first kappa shape index (κ1) is 10.9. The van der Waals surface area contributed by atoms with E-state index in [1.807, 2.05) is 0 Å². The van der Waals surface area contributed by atoms with Crippen LogP contribution < -0.4 is 10.6 Å². The van der Waals surface area contributed by atoms with Crippen LogP contribution in [-0.4, -0.2) is 36.8 Å². The summed E-state index contributed by atoms with van der Waals surface area (Å²) in [5.41, 5.74) is 0. The van der Waals surface area contributed by atoms with Gasteiger partial charge in [0.25, 0.3) is 0 Å². The molecule has 0 saturated heterocycles. The maximum atomic E-state index is 10.8. The van der Waals surface area contributed by atoms with Gasteiger partial charge in [0, 0.05) is 6.04 Å². The van der Waals surface area contributed by atoms with Gasteiger partial charge in [-0.2, -0.15) is 5.26 Å². The minimum atomic E-state index is -0.239. The number of carbonyl (C=O) groups excluding carboxylic acids is 1. The molecule has 68 valence electrons. The standard InChI is InChI=1S/C7H13N3O2/c1-6(5-11)10-4-7(12)9-3-2-8/h6,10-11H,3-5H2,1H3,(H,9,12). The van der Waals surface area contributed by atoms with E-state index in [1.165, 1.54) is 0 Å². The number of aliphatic hydroxyl groups excluding tert-OH is 1. The molecule has 0 aliphatic heterocycles. The summed E-state index contributed by atoms with van der Waals surface area (Å²) in [6.45, 7) is 1.90. The number of nitrogens with one attached hydrogen (secondary N) is 2. The van der Waals surface area contributed by atoms with Crippen LogP contribution in [0.3, 0.4) is 0 Å². The SMILES string of the molecule is CC(CO)NCC(=O)NCC#N. The lowest BCUT2D eigenvalue weighted by atomic mass is 10.3. The van der Waals surface area contributed by atoms with Crippen LogP contribution >= 0.6 is 0 Å². The van der Waals surface area contributed by atoms with Crippen molar-refractivity contribution in [2.45, 2.75) is 13.0 Å². The second-order valence-electron chi connectivity index (χ2n) is 2.40. The Morgan fingerprint density at radius 3 is 2.92 bits per heavy atom. The first-order valence-corrected chi connectivity index (χ1v) is 3.68. The molecule has 5 nitrogen and oxygen atoms in total. The summed E-state index contributed by atoms with van der Waals surface area (Å²) in [5, 5.41) is 21.8. The van der Waals surface area contributed by atoms with Crippen LogP contribution in [0.15, 0.2) is 0 Å². The van der Waals surface area contributed by atoms with E-state index in [1.54, 1.807) is 13.0 Å². The summed E-state index contributed by atoms with van der Waals surface area (Å²) in [6.07, 6.45) is 0. The molecule has 0 aliphatic rings. The third-order valence-electron chi connectivity index (χ3n) is 1.25. The zero-order valence-electron chi connectivity index (χ0n) is 7.00. The van der Waals surface area contributed by atoms with Gasteiger partial charge in [0.15, 0.2) is 0 Å². The zero-order valence-corrected chi connectivity index (χ0v) is 7.00. The largest absolute Gasteiger partial charge is 0.395 e. The van der Waals surface area contributed by atoms with Crippen molar-refractivity contribution in [3.63, 3.8) is 0 Å². The fourth-order valence-electron chi connectivity index (χ4n) is 0.532. The third kappa shape index (κ3) is 5.65. The number of hydrogen-bond acceptors (Lipinski definition) is 4. The zero-order chi connectivity index (χ0) is 9.40. The molecule has 0 spiro atoms. The predicted octanol–water partition coefficient (Wildman–Crippen LogP) is -1.40. The van der Waals surface area contributed by atoms with E-state index < -0.39 is 0 Å². The maximum Gasteiger partial charge on any atom is 0.234 e. The van der Waals surface area contributed by atoms with Crippen molar-refractivity contribution in [2.75, 3.05) is 19.7 Å². The fraction of sp³-hybridized carbons (Fsp3) is 0.714. The highest BCUT2D eigenvalue weighted by molar-refractivity contribution is 5.78. The van der Waals surface area contributed by atoms with Crippen molar-refractivity contribution in [3.05, 3.63) is 0 Å². The molecule has 0 fully saturated rings. The second kappa shape index (κ2) is 6.58. The van der Waals surface area contributed by atoms with Gasteiger partial charge in [-0.05, 0) is 6.92 Å². The number of hydrogen-bond donors (Lipinski definition) is 3. The van der Waals surface area contributed by atoms with Crippen LogP contribution in [0.4, 0.5) is 0 Å². The lowest BCUT2D eigenvalue weighted by molar-refractivity contribution is -0.120. The molecule has 0 heterocycles. The summed E-state index contributed by atoms with van der Waals surface area (Å²) < 4.78 is 0. The van der Waals surface area contributed by atoms with Crippen LogP contribution in [0.5, 0.6) is 0 Å². The number of carbonyl (C=O) groups is 1. The van der Waals surface area contributed by atoms with Crippen LogP contribution in [-0.2, 0) is 4.79 Å². The van der Waals surface area contributed by atoms with Crippen molar-refractivity contribution < 1.29 is 9.90 Å². The van der Waals surface area contributed by atoms with Gasteiger partial charge >= 0.3 is 0 Å². The summed E-state index contributed by atoms with van der Waals surface area (Å²) in [6, 6.07) is 1.69.